The third-order valence-corrected chi connectivity index (χ3v) is 2.30. The number of nitrogens with zero attached hydrogens (tertiary/aromatic N) is 2. The summed E-state index contributed by atoms with van der Waals surface area (Å²) in [4.78, 5) is 20.5. The molecule has 20 heavy (non-hydrogen) atoms. The molecular weight excluding hydrogens is 326 g/mol. The van der Waals surface area contributed by atoms with Crippen LogP contribution in [-0.2, 0) is 9.57 Å². The van der Waals surface area contributed by atoms with E-state index < -0.39 is 11.7 Å². The first-order chi connectivity index (χ1) is 9.37. The van der Waals surface area contributed by atoms with Gasteiger partial charge < -0.3 is 14.9 Å². The van der Waals surface area contributed by atoms with Gasteiger partial charge in [0.1, 0.15) is 16.8 Å². The number of pyridine rings is 1. The molecule has 0 spiro atoms. The van der Waals surface area contributed by atoms with Crippen LogP contribution in [0.2, 0.25) is 0 Å². The lowest BCUT2D eigenvalue weighted by molar-refractivity contribution is 0.0502. The van der Waals surface area contributed by atoms with Crippen molar-refractivity contribution in [1.82, 2.24) is 10.3 Å². The molecule has 1 aromatic rings. The van der Waals surface area contributed by atoms with E-state index in [9.17, 15) is 4.79 Å². The predicted molar refractivity (Wildman–Crippen MR) is 79.7 cm³/mol. The van der Waals surface area contributed by atoms with E-state index in [4.69, 9.17) is 9.57 Å². The van der Waals surface area contributed by atoms with Crippen molar-refractivity contribution in [3.63, 3.8) is 0 Å². The highest BCUT2D eigenvalue weighted by Gasteiger charge is 2.15. The lowest BCUT2D eigenvalue weighted by Gasteiger charge is -2.19. The first-order valence-electron chi connectivity index (χ1n) is 6.11. The fourth-order valence-corrected chi connectivity index (χ4v) is 1.51. The number of rotatable bonds is 5. The Kier molecular flexibility index (Phi) is 6.44. The molecule has 0 saturated heterocycles. The van der Waals surface area contributed by atoms with Gasteiger partial charge >= 0.3 is 6.09 Å². The number of halogens is 1. The van der Waals surface area contributed by atoms with Crippen LogP contribution in [0.4, 0.5) is 4.79 Å². The summed E-state index contributed by atoms with van der Waals surface area (Å²) in [5.74, 6) is 0. The quantitative estimate of drug-likeness (QED) is 0.386. The van der Waals surface area contributed by atoms with Crippen molar-refractivity contribution in [3.05, 3.63) is 28.5 Å². The van der Waals surface area contributed by atoms with Gasteiger partial charge in [-0.15, -0.1) is 0 Å². The molecule has 0 aliphatic rings. The van der Waals surface area contributed by atoms with Crippen molar-refractivity contribution in [2.75, 3.05) is 13.2 Å². The van der Waals surface area contributed by atoms with E-state index in [0.29, 0.717) is 12.2 Å². The summed E-state index contributed by atoms with van der Waals surface area (Å²) in [5, 5.41) is 6.32. The lowest BCUT2D eigenvalue weighted by atomic mass is 10.2. The number of hydrogen-bond donors (Lipinski definition) is 1. The number of aromatic nitrogens is 1. The van der Waals surface area contributed by atoms with Gasteiger partial charge in [-0.3, -0.25) is 0 Å². The molecule has 7 heteroatoms. The van der Waals surface area contributed by atoms with Crippen LogP contribution >= 0.6 is 15.9 Å². The summed E-state index contributed by atoms with van der Waals surface area (Å²) < 4.78 is 5.80. The van der Waals surface area contributed by atoms with Crippen LogP contribution in [0.25, 0.3) is 0 Å². The largest absolute Gasteiger partial charge is 0.444 e. The van der Waals surface area contributed by atoms with Crippen molar-refractivity contribution >= 4 is 28.2 Å². The second-order valence-corrected chi connectivity index (χ2v) is 5.69. The number of carbonyl (C=O) groups excluding carboxylic acids is 1. The minimum Gasteiger partial charge on any atom is -0.444 e. The maximum absolute atomic E-state index is 11.3. The average Bonchev–Trinajstić information content (AvgIpc) is 2.31. The van der Waals surface area contributed by atoms with Crippen LogP contribution in [0.15, 0.2) is 28.0 Å². The number of nitrogens with one attached hydrogen (secondary N) is 1. The average molecular weight is 344 g/mol. The standard InChI is InChI=1S/C13H18BrN3O3/c1-13(2,3)20-12(18)15-7-8-19-16-9-10-5-4-6-11(14)17-10/h4-6,9H,7-8H2,1-3H3,(H,15,18)/b16-9+. The van der Waals surface area contributed by atoms with Gasteiger partial charge in [0.05, 0.1) is 18.5 Å². The lowest BCUT2D eigenvalue weighted by Crippen LogP contribution is -2.34. The van der Waals surface area contributed by atoms with Crippen LogP contribution in [0, 0.1) is 0 Å². The van der Waals surface area contributed by atoms with Gasteiger partial charge in [0.25, 0.3) is 0 Å². The normalized spacial score (nSPS) is 11.4. The highest BCUT2D eigenvalue weighted by atomic mass is 79.9. The zero-order valence-corrected chi connectivity index (χ0v) is 13.3. The predicted octanol–water partition coefficient (Wildman–Crippen LogP) is 2.72. The minimum atomic E-state index is -0.505. The van der Waals surface area contributed by atoms with Crippen LogP contribution in [0.3, 0.4) is 0 Å². The molecule has 1 heterocycles. The number of carbonyl (C=O) groups is 1. The molecule has 0 radical (unpaired) electrons. The Morgan fingerprint density at radius 1 is 1.50 bits per heavy atom. The highest BCUT2D eigenvalue weighted by Crippen LogP contribution is 2.06. The first-order valence-corrected chi connectivity index (χ1v) is 6.91. The molecule has 0 fully saturated rings. The van der Waals surface area contributed by atoms with Crippen LogP contribution in [-0.4, -0.2) is 36.0 Å². The van der Waals surface area contributed by atoms with Crippen molar-refractivity contribution in [2.45, 2.75) is 26.4 Å². The van der Waals surface area contributed by atoms with Gasteiger partial charge in [-0.1, -0.05) is 11.2 Å². The molecule has 6 nitrogen and oxygen atoms in total. The number of ether oxygens (including phenoxy) is 1. The van der Waals surface area contributed by atoms with Gasteiger partial charge in [-0.25, -0.2) is 9.78 Å². The summed E-state index contributed by atoms with van der Waals surface area (Å²) in [7, 11) is 0. The van der Waals surface area contributed by atoms with E-state index in [1.54, 1.807) is 26.8 Å². The first kappa shape index (κ1) is 16.4. The molecular formula is C13H18BrN3O3. The van der Waals surface area contributed by atoms with Crippen molar-refractivity contribution in [2.24, 2.45) is 5.16 Å². The van der Waals surface area contributed by atoms with E-state index in [0.717, 1.165) is 4.60 Å². The monoisotopic (exact) mass is 343 g/mol. The van der Waals surface area contributed by atoms with E-state index in [-0.39, 0.29) is 6.61 Å². The van der Waals surface area contributed by atoms with Crippen LogP contribution < -0.4 is 5.32 Å². The second-order valence-electron chi connectivity index (χ2n) is 4.88. The SMILES string of the molecule is CC(C)(C)OC(=O)NCCO/N=C/c1cccc(Br)n1. The molecule has 0 aromatic carbocycles. The summed E-state index contributed by atoms with van der Waals surface area (Å²) in [5.41, 5.74) is 0.176. The molecule has 0 saturated carbocycles. The van der Waals surface area contributed by atoms with Gasteiger partial charge in [-0.05, 0) is 48.8 Å². The second kappa shape index (κ2) is 7.84. The van der Waals surface area contributed by atoms with Crippen LogP contribution in [0.5, 0.6) is 0 Å². The Bertz CT molecular complexity index is 472. The maximum atomic E-state index is 11.3. The Morgan fingerprint density at radius 3 is 2.90 bits per heavy atom. The number of oxime groups is 1. The number of amides is 1. The van der Waals surface area contributed by atoms with E-state index >= 15 is 0 Å². The zero-order valence-electron chi connectivity index (χ0n) is 11.7. The molecule has 1 rings (SSSR count). The van der Waals surface area contributed by atoms with Gasteiger partial charge in [0, 0.05) is 0 Å². The van der Waals surface area contributed by atoms with Crippen molar-refractivity contribution in [3.8, 4) is 0 Å². The van der Waals surface area contributed by atoms with E-state index in [2.05, 4.69) is 31.4 Å². The summed E-state index contributed by atoms with van der Waals surface area (Å²) >= 11 is 3.26. The van der Waals surface area contributed by atoms with Crippen molar-refractivity contribution in [1.29, 1.82) is 0 Å². The van der Waals surface area contributed by atoms with Crippen LogP contribution in [0.1, 0.15) is 26.5 Å². The zero-order chi connectivity index (χ0) is 15.0. The Morgan fingerprint density at radius 2 is 2.25 bits per heavy atom. The van der Waals surface area contributed by atoms with Gasteiger partial charge in [0.15, 0.2) is 0 Å². The topological polar surface area (TPSA) is 72.8 Å². The Hall–Kier alpha value is -1.63. The molecule has 0 aliphatic carbocycles. The Balaban J connectivity index is 2.18. The van der Waals surface area contributed by atoms with E-state index in [1.165, 1.54) is 6.21 Å². The number of alkyl carbamates (subject to hydrolysis) is 1. The molecule has 0 bridgehead atoms. The van der Waals surface area contributed by atoms with Crippen molar-refractivity contribution < 1.29 is 14.4 Å². The molecule has 1 amide bonds. The summed E-state index contributed by atoms with van der Waals surface area (Å²) in [6.07, 6.45) is 1.02. The summed E-state index contributed by atoms with van der Waals surface area (Å²) in [6.45, 7) is 5.98. The highest BCUT2D eigenvalue weighted by molar-refractivity contribution is 9.10. The number of hydrogen-bond acceptors (Lipinski definition) is 5. The minimum absolute atomic E-state index is 0.254. The van der Waals surface area contributed by atoms with Gasteiger partial charge in [0.2, 0.25) is 0 Å². The molecule has 110 valence electrons. The fraction of sp³-hybridized carbons (Fsp3) is 0.462. The Labute approximate surface area is 126 Å². The molecule has 0 unspecified atom stereocenters. The fourth-order valence-electron chi connectivity index (χ4n) is 1.15. The smallest absolute Gasteiger partial charge is 0.407 e. The molecule has 0 aliphatic heterocycles. The molecule has 1 aromatic heterocycles. The third-order valence-electron chi connectivity index (χ3n) is 1.86. The molecule has 0 atom stereocenters. The molecule has 1 N–H and O–H groups in total. The van der Waals surface area contributed by atoms with E-state index in [1.807, 2.05) is 12.1 Å². The summed E-state index contributed by atoms with van der Waals surface area (Å²) in [6, 6.07) is 5.47. The third kappa shape index (κ3) is 7.73. The van der Waals surface area contributed by atoms with Gasteiger partial charge in [-0.2, -0.15) is 0 Å². The maximum Gasteiger partial charge on any atom is 0.407 e.